The van der Waals surface area contributed by atoms with Crippen LogP contribution in [0.1, 0.15) is 37.4 Å². The first-order valence-electron chi connectivity index (χ1n) is 6.83. The molecule has 1 saturated heterocycles. The topological polar surface area (TPSA) is 58.6 Å². The van der Waals surface area contributed by atoms with Gasteiger partial charge < -0.3 is 15.2 Å². The first kappa shape index (κ1) is 13.9. The van der Waals surface area contributed by atoms with E-state index in [9.17, 15) is 4.79 Å². The molecule has 3 rings (SSSR count). The summed E-state index contributed by atoms with van der Waals surface area (Å²) in [5, 5.41) is 12.4. The van der Waals surface area contributed by atoms with Crippen molar-refractivity contribution < 1.29 is 14.6 Å². The normalized spacial score (nSPS) is 27.1. The van der Waals surface area contributed by atoms with Gasteiger partial charge in [-0.25, -0.2) is 0 Å². The van der Waals surface area contributed by atoms with Gasteiger partial charge in [-0.3, -0.25) is 4.79 Å². The molecule has 0 saturated carbocycles. The second-order valence-electron chi connectivity index (χ2n) is 6.25. The minimum Gasteiger partial charge on any atom is -0.487 e. The van der Waals surface area contributed by atoms with Crippen LogP contribution in [0.5, 0.6) is 5.75 Å². The lowest BCUT2D eigenvalue weighted by Crippen LogP contribution is -2.25. The van der Waals surface area contributed by atoms with Crippen molar-refractivity contribution in [3.8, 4) is 5.75 Å². The quantitative estimate of drug-likeness (QED) is 0.869. The highest BCUT2D eigenvalue weighted by Crippen LogP contribution is 2.44. The molecule has 2 unspecified atom stereocenters. The smallest absolute Gasteiger partial charge is 0.307 e. The van der Waals surface area contributed by atoms with E-state index in [0.29, 0.717) is 13.0 Å². The Balaban J connectivity index is 1.94. The standard InChI is InChI=1S/C15H18BrNO3/c1-15(2)6-8-3-10(16)5-11(13(8)20-15)12-4-9(7-17-12)14(18)19/h3,5,9,12,17H,4,6-7H2,1-2H3,(H,18,19). The molecule has 1 fully saturated rings. The number of carboxylic acid groups (broad SMARTS) is 1. The van der Waals surface area contributed by atoms with Gasteiger partial charge in [-0.1, -0.05) is 15.9 Å². The van der Waals surface area contributed by atoms with Crippen molar-refractivity contribution in [2.45, 2.75) is 38.3 Å². The van der Waals surface area contributed by atoms with Gasteiger partial charge in [0.05, 0.1) is 5.92 Å². The molecule has 2 aliphatic rings. The van der Waals surface area contributed by atoms with Crippen LogP contribution >= 0.6 is 15.9 Å². The summed E-state index contributed by atoms with van der Waals surface area (Å²) in [5.41, 5.74) is 2.08. The van der Waals surface area contributed by atoms with E-state index in [1.807, 2.05) is 6.07 Å². The minimum absolute atomic E-state index is 0.0521. The molecule has 1 aromatic carbocycles. The summed E-state index contributed by atoms with van der Waals surface area (Å²) in [6.45, 7) is 4.67. The fourth-order valence-electron chi connectivity index (χ4n) is 3.12. The number of hydrogen-bond donors (Lipinski definition) is 2. The summed E-state index contributed by atoms with van der Waals surface area (Å²) in [4.78, 5) is 11.1. The summed E-state index contributed by atoms with van der Waals surface area (Å²) in [7, 11) is 0. The fourth-order valence-corrected chi connectivity index (χ4v) is 3.64. The van der Waals surface area contributed by atoms with E-state index in [1.54, 1.807) is 0 Å². The van der Waals surface area contributed by atoms with Crippen LogP contribution in [0.4, 0.5) is 0 Å². The Morgan fingerprint density at radius 1 is 1.50 bits per heavy atom. The molecule has 4 nitrogen and oxygen atoms in total. The maximum absolute atomic E-state index is 11.1. The monoisotopic (exact) mass is 339 g/mol. The van der Waals surface area contributed by atoms with Crippen LogP contribution in [-0.4, -0.2) is 23.2 Å². The maximum Gasteiger partial charge on any atom is 0.307 e. The number of carbonyl (C=O) groups is 1. The van der Waals surface area contributed by atoms with Crippen molar-refractivity contribution in [1.29, 1.82) is 0 Å². The van der Waals surface area contributed by atoms with Crippen molar-refractivity contribution in [1.82, 2.24) is 5.32 Å². The Kier molecular flexibility index (Phi) is 3.29. The molecule has 0 radical (unpaired) electrons. The molecule has 0 spiro atoms. The zero-order chi connectivity index (χ0) is 14.5. The molecule has 0 bridgehead atoms. The van der Waals surface area contributed by atoms with Crippen molar-refractivity contribution in [3.05, 3.63) is 27.7 Å². The van der Waals surface area contributed by atoms with Crippen LogP contribution in [0.15, 0.2) is 16.6 Å². The molecular weight excluding hydrogens is 322 g/mol. The van der Waals surface area contributed by atoms with Gasteiger partial charge in [0, 0.05) is 29.0 Å². The van der Waals surface area contributed by atoms with Gasteiger partial charge >= 0.3 is 5.97 Å². The number of carboxylic acids is 1. The van der Waals surface area contributed by atoms with E-state index >= 15 is 0 Å². The highest BCUT2D eigenvalue weighted by molar-refractivity contribution is 9.10. The Morgan fingerprint density at radius 3 is 2.90 bits per heavy atom. The zero-order valence-corrected chi connectivity index (χ0v) is 13.2. The van der Waals surface area contributed by atoms with Gasteiger partial charge in [0.15, 0.2) is 0 Å². The van der Waals surface area contributed by atoms with E-state index in [2.05, 4.69) is 41.2 Å². The largest absolute Gasteiger partial charge is 0.487 e. The lowest BCUT2D eigenvalue weighted by Gasteiger charge is -2.20. The summed E-state index contributed by atoms with van der Waals surface area (Å²) in [6, 6.07) is 4.19. The van der Waals surface area contributed by atoms with Crippen LogP contribution in [0.3, 0.4) is 0 Å². The second kappa shape index (κ2) is 4.74. The first-order chi connectivity index (χ1) is 9.35. The van der Waals surface area contributed by atoms with E-state index in [-0.39, 0.29) is 17.6 Å². The Hall–Kier alpha value is -1.07. The van der Waals surface area contributed by atoms with Crippen LogP contribution in [0.2, 0.25) is 0 Å². The molecule has 0 aliphatic carbocycles. The van der Waals surface area contributed by atoms with Gasteiger partial charge in [-0.2, -0.15) is 0 Å². The zero-order valence-electron chi connectivity index (χ0n) is 11.6. The summed E-state index contributed by atoms with van der Waals surface area (Å²) < 4.78 is 7.10. The van der Waals surface area contributed by atoms with E-state index in [1.165, 1.54) is 5.56 Å². The van der Waals surface area contributed by atoms with Gasteiger partial charge in [-0.05, 0) is 38.0 Å². The van der Waals surface area contributed by atoms with E-state index in [0.717, 1.165) is 22.2 Å². The van der Waals surface area contributed by atoms with E-state index < -0.39 is 5.97 Å². The third kappa shape index (κ3) is 2.44. The van der Waals surface area contributed by atoms with Gasteiger partial charge in [-0.15, -0.1) is 0 Å². The van der Waals surface area contributed by atoms with Crippen LogP contribution in [-0.2, 0) is 11.2 Å². The average molecular weight is 340 g/mol. The predicted molar refractivity (Wildman–Crippen MR) is 79.0 cm³/mol. The summed E-state index contributed by atoms with van der Waals surface area (Å²) in [6.07, 6.45) is 1.49. The number of rotatable bonds is 2. The van der Waals surface area contributed by atoms with Crippen LogP contribution in [0.25, 0.3) is 0 Å². The summed E-state index contributed by atoms with van der Waals surface area (Å²) in [5.74, 6) is -0.112. The van der Waals surface area contributed by atoms with E-state index in [4.69, 9.17) is 9.84 Å². The van der Waals surface area contributed by atoms with Gasteiger partial charge in [0.25, 0.3) is 0 Å². The first-order valence-corrected chi connectivity index (χ1v) is 7.62. The fraction of sp³-hybridized carbons (Fsp3) is 0.533. The van der Waals surface area contributed by atoms with Crippen LogP contribution in [0, 0.1) is 5.92 Å². The lowest BCUT2D eigenvalue weighted by atomic mass is 9.96. The molecular formula is C15H18BrNO3. The van der Waals surface area contributed by atoms with Gasteiger partial charge in [0.2, 0.25) is 0 Å². The Labute approximate surface area is 126 Å². The number of ether oxygens (including phenoxy) is 1. The highest BCUT2D eigenvalue weighted by atomic mass is 79.9. The van der Waals surface area contributed by atoms with Crippen molar-refractivity contribution in [2.75, 3.05) is 6.54 Å². The molecule has 2 aliphatic heterocycles. The molecule has 5 heteroatoms. The van der Waals surface area contributed by atoms with Crippen molar-refractivity contribution >= 4 is 21.9 Å². The molecule has 2 N–H and O–H groups in total. The molecule has 0 amide bonds. The number of benzene rings is 1. The van der Waals surface area contributed by atoms with Crippen molar-refractivity contribution in [3.63, 3.8) is 0 Å². The maximum atomic E-state index is 11.1. The minimum atomic E-state index is -0.729. The number of nitrogens with one attached hydrogen (secondary N) is 1. The molecule has 108 valence electrons. The predicted octanol–water partition coefficient (Wildman–Crippen LogP) is 2.90. The molecule has 0 aromatic heterocycles. The number of fused-ring (bicyclic) bond motifs is 1. The highest BCUT2D eigenvalue weighted by Gasteiger charge is 2.37. The summed E-state index contributed by atoms with van der Waals surface area (Å²) >= 11 is 3.54. The number of aliphatic carboxylic acids is 1. The third-order valence-electron chi connectivity index (χ3n) is 4.01. The third-order valence-corrected chi connectivity index (χ3v) is 4.47. The Morgan fingerprint density at radius 2 is 2.25 bits per heavy atom. The van der Waals surface area contributed by atoms with Crippen LogP contribution < -0.4 is 10.1 Å². The lowest BCUT2D eigenvalue weighted by molar-refractivity contribution is -0.141. The molecule has 20 heavy (non-hydrogen) atoms. The second-order valence-corrected chi connectivity index (χ2v) is 7.17. The molecule has 1 aromatic rings. The SMILES string of the molecule is CC1(C)Cc2cc(Br)cc(C3CC(C(=O)O)CN3)c2O1. The van der Waals surface area contributed by atoms with Gasteiger partial charge in [0.1, 0.15) is 11.4 Å². The number of hydrogen-bond acceptors (Lipinski definition) is 3. The Bertz CT molecular complexity index is 570. The van der Waals surface area contributed by atoms with Crippen molar-refractivity contribution in [2.24, 2.45) is 5.92 Å². The molecule has 2 heterocycles. The number of halogens is 1. The molecule has 2 atom stereocenters. The average Bonchev–Trinajstić information content (AvgIpc) is 2.90.